The SMILES string of the molecule is O=c1ccn([C@@H]2O[C@H](CO)C(O)C23CC3(F)F)c(=O)[nH]1. The second-order valence-electron chi connectivity index (χ2n) is 5.09. The van der Waals surface area contributed by atoms with E-state index < -0.39 is 54.1 Å². The highest BCUT2D eigenvalue weighted by molar-refractivity contribution is 5.21. The number of H-pyrrole nitrogens is 1. The molecule has 3 rings (SSSR count). The lowest BCUT2D eigenvalue weighted by molar-refractivity contribution is -0.0596. The van der Waals surface area contributed by atoms with Crippen molar-refractivity contribution in [2.24, 2.45) is 5.41 Å². The van der Waals surface area contributed by atoms with Gasteiger partial charge < -0.3 is 14.9 Å². The van der Waals surface area contributed by atoms with Crippen LogP contribution in [0.25, 0.3) is 0 Å². The van der Waals surface area contributed by atoms with Gasteiger partial charge in [-0.05, 0) is 0 Å². The molecule has 1 saturated heterocycles. The molecule has 0 aromatic carbocycles. The Morgan fingerprint density at radius 1 is 1.50 bits per heavy atom. The molecule has 1 aromatic heterocycles. The monoisotopic (exact) mass is 290 g/mol. The van der Waals surface area contributed by atoms with Gasteiger partial charge in [0, 0.05) is 18.7 Å². The third-order valence-electron chi connectivity index (χ3n) is 3.98. The van der Waals surface area contributed by atoms with E-state index in [-0.39, 0.29) is 0 Å². The van der Waals surface area contributed by atoms with Gasteiger partial charge in [-0.3, -0.25) is 14.3 Å². The molecule has 2 fully saturated rings. The third-order valence-corrected chi connectivity index (χ3v) is 3.98. The summed E-state index contributed by atoms with van der Waals surface area (Å²) < 4.78 is 33.4. The molecule has 7 nitrogen and oxygen atoms in total. The van der Waals surface area contributed by atoms with Gasteiger partial charge in [0.15, 0.2) is 6.23 Å². The average Bonchev–Trinajstić information content (AvgIpc) is 2.84. The van der Waals surface area contributed by atoms with Gasteiger partial charge in [0.1, 0.15) is 11.5 Å². The zero-order valence-corrected chi connectivity index (χ0v) is 10.1. The lowest BCUT2D eigenvalue weighted by Gasteiger charge is -2.21. The molecule has 1 aliphatic heterocycles. The van der Waals surface area contributed by atoms with Crippen molar-refractivity contribution in [1.82, 2.24) is 9.55 Å². The van der Waals surface area contributed by atoms with E-state index in [0.29, 0.717) is 0 Å². The molecule has 2 aliphatic rings. The van der Waals surface area contributed by atoms with Crippen LogP contribution in [0.3, 0.4) is 0 Å². The van der Waals surface area contributed by atoms with Crippen molar-refractivity contribution in [2.75, 3.05) is 6.61 Å². The molecule has 0 amide bonds. The van der Waals surface area contributed by atoms with E-state index in [1.165, 1.54) is 0 Å². The number of halogens is 2. The van der Waals surface area contributed by atoms with Crippen LogP contribution >= 0.6 is 0 Å². The number of alkyl halides is 2. The number of nitrogens with one attached hydrogen (secondary N) is 1. The number of aromatic amines is 1. The van der Waals surface area contributed by atoms with Crippen LogP contribution in [0.2, 0.25) is 0 Å². The number of hydrogen-bond donors (Lipinski definition) is 3. The summed E-state index contributed by atoms with van der Waals surface area (Å²) in [5, 5.41) is 19.0. The first-order valence-electron chi connectivity index (χ1n) is 5.97. The summed E-state index contributed by atoms with van der Waals surface area (Å²) in [4.78, 5) is 24.6. The van der Waals surface area contributed by atoms with E-state index in [4.69, 9.17) is 9.84 Å². The first-order chi connectivity index (χ1) is 9.33. The topological polar surface area (TPSA) is 105 Å². The van der Waals surface area contributed by atoms with Crippen LogP contribution in [0.4, 0.5) is 8.78 Å². The number of aliphatic hydroxyl groups excluding tert-OH is 2. The van der Waals surface area contributed by atoms with Gasteiger partial charge in [-0.2, -0.15) is 0 Å². The summed E-state index contributed by atoms with van der Waals surface area (Å²) in [5.74, 6) is -3.20. The maximum absolute atomic E-state index is 13.7. The van der Waals surface area contributed by atoms with Crippen LogP contribution in [0.5, 0.6) is 0 Å². The highest BCUT2D eigenvalue weighted by Crippen LogP contribution is 2.71. The van der Waals surface area contributed by atoms with Gasteiger partial charge in [0.25, 0.3) is 11.5 Å². The fourth-order valence-corrected chi connectivity index (χ4v) is 2.82. The average molecular weight is 290 g/mol. The normalized spacial score (nSPS) is 38.3. The number of rotatable bonds is 2. The van der Waals surface area contributed by atoms with Crippen LogP contribution < -0.4 is 11.2 Å². The molecular formula is C11H12F2N2O5. The van der Waals surface area contributed by atoms with Crippen molar-refractivity contribution in [3.8, 4) is 0 Å². The fourth-order valence-electron chi connectivity index (χ4n) is 2.82. The van der Waals surface area contributed by atoms with Crippen molar-refractivity contribution in [1.29, 1.82) is 0 Å². The maximum Gasteiger partial charge on any atom is 0.330 e. The smallest absolute Gasteiger partial charge is 0.330 e. The predicted octanol–water partition coefficient (Wildman–Crippen LogP) is -1.19. The summed E-state index contributed by atoms with van der Waals surface area (Å²) in [6.45, 7) is -0.645. The van der Waals surface area contributed by atoms with E-state index in [1.54, 1.807) is 0 Å². The van der Waals surface area contributed by atoms with Crippen molar-refractivity contribution in [3.05, 3.63) is 33.1 Å². The fraction of sp³-hybridized carbons (Fsp3) is 0.636. The molecule has 20 heavy (non-hydrogen) atoms. The van der Waals surface area contributed by atoms with Gasteiger partial charge in [-0.15, -0.1) is 0 Å². The lowest BCUT2D eigenvalue weighted by atomic mass is 9.95. The van der Waals surface area contributed by atoms with Crippen LogP contribution in [-0.2, 0) is 4.74 Å². The largest absolute Gasteiger partial charge is 0.394 e. The second-order valence-corrected chi connectivity index (χ2v) is 5.09. The molecule has 2 unspecified atom stereocenters. The lowest BCUT2D eigenvalue weighted by Crippen LogP contribution is -2.38. The molecule has 1 spiro atoms. The molecule has 1 aliphatic carbocycles. The summed E-state index contributed by atoms with van der Waals surface area (Å²) in [7, 11) is 0. The first kappa shape index (κ1) is 13.4. The van der Waals surface area contributed by atoms with E-state index in [9.17, 15) is 23.5 Å². The summed E-state index contributed by atoms with van der Waals surface area (Å²) in [5.41, 5.74) is -3.52. The Morgan fingerprint density at radius 2 is 2.15 bits per heavy atom. The summed E-state index contributed by atoms with van der Waals surface area (Å²) in [6, 6.07) is 0.998. The standard InChI is InChI=1S/C11H12F2N2O5/c12-11(13)4-10(11)7(18)5(3-16)20-8(10)15-2-1-6(17)14-9(15)19/h1-2,5,7-8,16,18H,3-4H2,(H,14,17,19)/t5-,7?,8-,10?/m1/s1. The Balaban J connectivity index is 2.09. The number of nitrogens with zero attached hydrogens (tertiary/aromatic N) is 1. The van der Waals surface area contributed by atoms with Crippen LogP contribution in [0.15, 0.2) is 21.9 Å². The molecule has 2 heterocycles. The molecule has 4 atom stereocenters. The molecule has 110 valence electrons. The van der Waals surface area contributed by atoms with Crippen molar-refractivity contribution >= 4 is 0 Å². The molecule has 1 aromatic rings. The Hall–Kier alpha value is -1.58. The third kappa shape index (κ3) is 1.54. The zero-order chi connectivity index (χ0) is 14.7. The quantitative estimate of drug-likeness (QED) is 0.635. The molecule has 3 N–H and O–H groups in total. The van der Waals surface area contributed by atoms with Gasteiger partial charge >= 0.3 is 5.69 Å². The van der Waals surface area contributed by atoms with Gasteiger partial charge in [0.05, 0.1) is 12.7 Å². The first-order valence-corrected chi connectivity index (χ1v) is 5.97. The Kier molecular flexibility index (Phi) is 2.66. The Bertz CT molecular complexity index is 657. The van der Waals surface area contributed by atoms with Crippen LogP contribution in [0.1, 0.15) is 12.6 Å². The van der Waals surface area contributed by atoms with Crippen LogP contribution in [-0.4, -0.2) is 44.5 Å². The minimum atomic E-state index is -3.20. The van der Waals surface area contributed by atoms with Crippen molar-refractivity contribution < 1.29 is 23.7 Å². The highest BCUT2D eigenvalue weighted by atomic mass is 19.3. The summed E-state index contributed by atoms with van der Waals surface area (Å²) >= 11 is 0. The molecular weight excluding hydrogens is 278 g/mol. The minimum absolute atomic E-state index is 0.645. The number of aliphatic hydroxyl groups is 2. The highest BCUT2D eigenvalue weighted by Gasteiger charge is 2.83. The summed E-state index contributed by atoms with van der Waals surface area (Å²) in [6.07, 6.45) is -3.84. The zero-order valence-electron chi connectivity index (χ0n) is 10.1. The maximum atomic E-state index is 13.7. The Morgan fingerprint density at radius 3 is 2.65 bits per heavy atom. The molecule has 0 radical (unpaired) electrons. The molecule has 1 saturated carbocycles. The van der Waals surface area contributed by atoms with Crippen molar-refractivity contribution in [3.63, 3.8) is 0 Å². The number of aromatic nitrogens is 2. The van der Waals surface area contributed by atoms with E-state index in [2.05, 4.69) is 0 Å². The van der Waals surface area contributed by atoms with Crippen LogP contribution in [0, 0.1) is 5.41 Å². The van der Waals surface area contributed by atoms with Gasteiger partial charge in [-0.25, -0.2) is 13.6 Å². The van der Waals surface area contributed by atoms with Gasteiger partial charge in [-0.1, -0.05) is 0 Å². The predicted molar refractivity (Wildman–Crippen MR) is 60.3 cm³/mol. The number of hydrogen-bond acceptors (Lipinski definition) is 5. The second kappa shape index (κ2) is 3.96. The number of ether oxygens (including phenoxy) is 1. The minimum Gasteiger partial charge on any atom is -0.394 e. The van der Waals surface area contributed by atoms with E-state index in [0.717, 1.165) is 16.8 Å². The van der Waals surface area contributed by atoms with Gasteiger partial charge in [0.2, 0.25) is 0 Å². The van der Waals surface area contributed by atoms with Crippen molar-refractivity contribution in [2.45, 2.75) is 30.8 Å². The molecule has 0 bridgehead atoms. The Labute approximate surface area is 110 Å². The van der Waals surface area contributed by atoms with E-state index in [1.807, 2.05) is 4.98 Å². The molecule has 9 heteroatoms. The van der Waals surface area contributed by atoms with E-state index >= 15 is 0 Å².